The van der Waals surface area contributed by atoms with Crippen LogP contribution in [0.4, 0.5) is 0 Å². The second-order valence-corrected chi connectivity index (χ2v) is 4.51. The number of nitrogens with two attached hydrogens (primary N) is 1. The molecule has 0 saturated carbocycles. The number of nitrogens with zero attached hydrogens (tertiary/aromatic N) is 1. The minimum absolute atomic E-state index is 0.506. The van der Waals surface area contributed by atoms with Gasteiger partial charge >= 0.3 is 0 Å². The molecule has 1 aromatic carbocycles. The fourth-order valence-electron chi connectivity index (χ4n) is 1.61. The van der Waals surface area contributed by atoms with Gasteiger partial charge in [0.1, 0.15) is 0 Å². The van der Waals surface area contributed by atoms with Crippen molar-refractivity contribution in [2.45, 2.75) is 20.4 Å². The number of thiazole rings is 1. The van der Waals surface area contributed by atoms with E-state index in [2.05, 4.69) is 37.0 Å². The van der Waals surface area contributed by atoms with Crippen LogP contribution in [0.25, 0.3) is 10.4 Å². The predicted molar refractivity (Wildman–Crippen MR) is 64.9 cm³/mol. The Balaban J connectivity index is 2.58. The Kier molecular flexibility index (Phi) is 2.84. The number of benzene rings is 1. The van der Waals surface area contributed by atoms with Crippen LogP contribution in [0.5, 0.6) is 0 Å². The summed E-state index contributed by atoms with van der Waals surface area (Å²) in [6.07, 6.45) is 0. The monoisotopic (exact) mass is 218 g/mol. The molecule has 0 amide bonds. The molecule has 2 rings (SSSR count). The lowest BCUT2D eigenvalue weighted by atomic mass is 10.0. The molecule has 0 radical (unpaired) electrons. The van der Waals surface area contributed by atoms with Crippen molar-refractivity contribution < 1.29 is 0 Å². The zero-order chi connectivity index (χ0) is 10.8. The van der Waals surface area contributed by atoms with E-state index in [4.69, 9.17) is 5.73 Å². The van der Waals surface area contributed by atoms with E-state index < -0.39 is 0 Å². The van der Waals surface area contributed by atoms with E-state index in [0.29, 0.717) is 6.54 Å². The van der Waals surface area contributed by atoms with Crippen LogP contribution in [0.3, 0.4) is 0 Å². The molecule has 15 heavy (non-hydrogen) atoms. The van der Waals surface area contributed by atoms with E-state index in [9.17, 15) is 0 Å². The smallest absolute Gasteiger partial charge is 0.0802 e. The number of hydrogen-bond donors (Lipinski definition) is 1. The summed E-state index contributed by atoms with van der Waals surface area (Å²) < 4.78 is 0. The lowest BCUT2D eigenvalue weighted by Crippen LogP contribution is -1.98. The van der Waals surface area contributed by atoms with Gasteiger partial charge in [0, 0.05) is 6.54 Å². The second kappa shape index (κ2) is 4.13. The van der Waals surface area contributed by atoms with E-state index in [1.807, 2.05) is 5.51 Å². The highest BCUT2D eigenvalue weighted by Gasteiger charge is 2.09. The SMILES string of the molecule is Cc1ccc(C)c(-c2scnc2CN)c1. The summed E-state index contributed by atoms with van der Waals surface area (Å²) >= 11 is 1.66. The van der Waals surface area contributed by atoms with Crippen molar-refractivity contribution in [1.29, 1.82) is 0 Å². The third-order valence-corrected chi connectivity index (χ3v) is 3.37. The van der Waals surface area contributed by atoms with Crippen LogP contribution in [-0.4, -0.2) is 4.98 Å². The third kappa shape index (κ3) is 1.94. The van der Waals surface area contributed by atoms with E-state index in [1.165, 1.54) is 21.6 Å². The molecule has 1 aromatic heterocycles. The molecule has 0 atom stereocenters. The zero-order valence-electron chi connectivity index (χ0n) is 8.95. The fourth-order valence-corrected chi connectivity index (χ4v) is 2.52. The molecule has 0 fully saturated rings. The van der Waals surface area contributed by atoms with Gasteiger partial charge in [-0.05, 0) is 25.0 Å². The maximum atomic E-state index is 5.66. The number of aryl methyl sites for hydroxylation is 2. The highest BCUT2D eigenvalue weighted by Crippen LogP contribution is 2.30. The van der Waals surface area contributed by atoms with Crippen LogP contribution in [0, 0.1) is 13.8 Å². The Bertz CT molecular complexity index is 474. The highest BCUT2D eigenvalue weighted by molar-refractivity contribution is 7.13. The van der Waals surface area contributed by atoms with Crippen molar-refractivity contribution >= 4 is 11.3 Å². The molecule has 0 aliphatic rings. The first-order valence-electron chi connectivity index (χ1n) is 4.92. The number of hydrogen-bond acceptors (Lipinski definition) is 3. The summed E-state index contributed by atoms with van der Waals surface area (Å²) in [6, 6.07) is 6.47. The molecular formula is C12H14N2S. The van der Waals surface area contributed by atoms with Gasteiger partial charge in [0.15, 0.2) is 0 Å². The van der Waals surface area contributed by atoms with Crippen molar-refractivity contribution in [2.24, 2.45) is 5.73 Å². The standard InChI is InChI=1S/C12H14N2S/c1-8-3-4-9(2)10(5-8)12-11(6-13)14-7-15-12/h3-5,7H,6,13H2,1-2H3. The average molecular weight is 218 g/mol. The van der Waals surface area contributed by atoms with Crippen molar-refractivity contribution in [3.63, 3.8) is 0 Å². The zero-order valence-corrected chi connectivity index (χ0v) is 9.77. The molecule has 78 valence electrons. The van der Waals surface area contributed by atoms with Gasteiger partial charge in [-0.2, -0.15) is 0 Å². The summed E-state index contributed by atoms with van der Waals surface area (Å²) in [4.78, 5) is 5.48. The van der Waals surface area contributed by atoms with Gasteiger partial charge in [0.25, 0.3) is 0 Å². The Morgan fingerprint density at radius 2 is 2.13 bits per heavy atom. The molecule has 0 unspecified atom stereocenters. The van der Waals surface area contributed by atoms with Crippen molar-refractivity contribution in [3.05, 3.63) is 40.5 Å². The number of rotatable bonds is 2. The van der Waals surface area contributed by atoms with Gasteiger partial charge in [-0.15, -0.1) is 11.3 Å². The molecule has 1 heterocycles. The lowest BCUT2D eigenvalue weighted by Gasteiger charge is -2.06. The lowest BCUT2D eigenvalue weighted by molar-refractivity contribution is 1.01. The van der Waals surface area contributed by atoms with Crippen LogP contribution in [-0.2, 0) is 6.54 Å². The van der Waals surface area contributed by atoms with Crippen LogP contribution in [0.1, 0.15) is 16.8 Å². The first-order valence-corrected chi connectivity index (χ1v) is 5.80. The Labute approximate surface area is 93.8 Å². The first-order chi connectivity index (χ1) is 7.22. The van der Waals surface area contributed by atoms with Crippen LogP contribution in [0.2, 0.25) is 0 Å². The second-order valence-electron chi connectivity index (χ2n) is 3.65. The molecule has 2 aromatic rings. The molecule has 0 aliphatic carbocycles. The predicted octanol–water partition coefficient (Wildman–Crippen LogP) is 2.89. The van der Waals surface area contributed by atoms with Gasteiger partial charge in [-0.3, -0.25) is 0 Å². The van der Waals surface area contributed by atoms with Crippen LogP contribution >= 0.6 is 11.3 Å². The number of aromatic nitrogens is 1. The van der Waals surface area contributed by atoms with Gasteiger partial charge < -0.3 is 5.73 Å². The molecule has 2 nitrogen and oxygen atoms in total. The Hall–Kier alpha value is -1.19. The summed E-state index contributed by atoms with van der Waals surface area (Å²) in [5.41, 5.74) is 12.3. The van der Waals surface area contributed by atoms with Gasteiger partial charge in [0.05, 0.1) is 16.1 Å². The Morgan fingerprint density at radius 3 is 2.87 bits per heavy atom. The maximum Gasteiger partial charge on any atom is 0.0802 e. The highest BCUT2D eigenvalue weighted by atomic mass is 32.1. The Morgan fingerprint density at radius 1 is 1.33 bits per heavy atom. The largest absolute Gasteiger partial charge is 0.325 e. The van der Waals surface area contributed by atoms with Crippen LogP contribution in [0.15, 0.2) is 23.7 Å². The third-order valence-electron chi connectivity index (χ3n) is 2.47. The van der Waals surface area contributed by atoms with Crippen molar-refractivity contribution in [3.8, 4) is 10.4 Å². The van der Waals surface area contributed by atoms with E-state index in [1.54, 1.807) is 11.3 Å². The fraction of sp³-hybridized carbons (Fsp3) is 0.250. The normalized spacial score (nSPS) is 10.6. The van der Waals surface area contributed by atoms with Crippen LogP contribution < -0.4 is 5.73 Å². The van der Waals surface area contributed by atoms with Gasteiger partial charge in [-0.25, -0.2) is 4.98 Å². The molecule has 0 aliphatic heterocycles. The molecule has 2 N–H and O–H groups in total. The summed E-state index contributed by atoms with van der Waals surface area (Å²) in [7, 11) is 0. The summed E-state index contributed by atoms with van der Waals surface area (Å²) in [6.45, 7) is 4.73. The van der Waals surface area contributed by atoms with E-state index >= 15 is 0 Å². The van der Waals surface area contributed by atoms with E-state index in [0.717, 1.165) is 5.69 Å². The first kappa shape index (κ1) is 10.3. The van der Waals surface area contributed by atoms with Gasteiger partial charge in [0.2, 0.25) is 0 Å². The average Bonchev–Trinajstić information content (AvgIpc) is 2.69. The molecular weight excluding hydrogens is 204 g/mol. The molecule has 0 bridgehead atoms. The quantitative estimate of drug-likeness (QED) is 0.841. The topological polar surface area (TPSA) is 38.9 Å². The minimum atomic E-state index is 0.506. The summed E-state index contributed by atoms with van der Waals surface area (Å²) in [5, 5.41) is 0. The van der Waals surface area contributed by atoms with Crippen molar-refractivity contribution in [2.75, 3.05) is 0 Å². The summed E-state index contributed by atoms with van der Waals surface area (Å²) in [5.74, 6) is 0. The molecule has 3 heteroatoms. The minimum Gasteiger partial charge on any atom is -0.325 e. The molecule has 0 spiro atoms. The maximum absolute atomic E-state index is 5.66. The molecule has 0 saturated heterocycles. The van der Waals surface area contributed by atoms with Crippen molar-refractivity contribution in [1.82, 2.24) is 4.98 Å². The van der Waals surface area contributed by atoms with Gasteiger partial charge in [-0.1, -0.05) is 23.8 Å². The van der Waals surface area contributed by atoms with E-state index in [-0.39, 0.29) is 0 Å².